The number of hydrogen-bond donors (Lipinski definition) is 0. The van der Waals surface area contributed by atoms with Gasteiger partial charge in [-0.1, -0.05) is 24.1 Å². The fraction of sp³-hybridized carbons (Fsp3) is 0.0833. The van der Waals surface area contributed by atoms with Crippen molar-refractivity contribution in [2.75, 3.05) is 0 Å². The molecule has 1 nitrogen and oxygen atoms in total. The number of hydrogen-bond acceptors (Lipinski definition) is 1. The van der Waals surface area contributed by atoms with Crippen molar-refractivity contribution in [2.24, 2.45) is 0 Å². The number of carbonyl (C=O) groups excluding carboxylic acids is 1. The van der Waals surface area contributed by atoms with Gasteiger partial charge in [-0.05, 0) is 30.7 Å². The molecule has 0 spiro atoms. The van der Waals surface area contributed by atoms with Crippen LogP contribution < -0.4 is 0 Å². The standard InChI is InChI=1S/C12H10O/c1-3-11-5-4-6-12(9-11)8-7-10(2)13/h1,4-9H,2H3/b8-7+. The molecule has 1 aromatic rings. The van der Waals surface area contributed by atoms with Crippen molar-refractivity contribution in [3.8, 4) is 12.3 Å². The van der Waals surface area contributed by atoms with E-state index in [1.165, 1.54) is 13.0 Å². The fourth-order valence-corrected chi connectivity index (χ4v) is 0.946. The van der Waals surface area contributed by atoms with Crippen LogP contribution in [-0.4, -0.2) is 5.78 Å². The number of allylic oxidation sites excluding steroid dienone is 1. The van der Waals surface area contributed by atoms with E-state index < -0.39 is 0 Å². The Kier molecular flexibility index (Phi) is 3.05. The highest BCUT2D eigenvalue weighted by molar-refractivity contribution is 5.91. The van der Waals surface area contributed by atoms with E-state index in [0.717, 1.165) is 11.1 Å². The summed E-state index contributed by atoms with van der Waals surface area (Å²) in [6.07, 6.45) is 8.51. The van der Waals surface area contributed by atoms with Gasteiger partial charge in [-0.3, -0.25) is 4.79 Å². The molecule has 0 radical (unpaired) electrons. The molecule has 13 heavy (non-hydrogen) atoms. The quantitative estimate of drug-likeness (QED) is 0.491. The molecule has 0 bridgehead atoms. The lowest BCUT2D eigenvalue weighted by atomic mass is 10.1. The van der Waals surface area contributed by atoms with Crippen LogP contribution in [-0.2, 0) is 4.79 Å². The highest BCUT2D eigenvalue weighted by atomic mass is 16.1. The van der Waals surface area contributed by atoms with Gasteiger partial charge in [0, 0.05) is 5.56 Å². The summed E-state index contributed by atoms with van der Waals surface area (Å²) in [5.41, 5.74) is 1.77. The van der Waals surface area contributed by atoms with Crippen LogP contribution in [0.4, 0.5) is 0 Å². The van der Waals surface area contributed by atoms with E-state index in [9.17, 15) is 4.79 Å². The van der Waals surface area contributed by atoms with Crippen LogP contribution in [0.15, 0.2) is 30.3 Å². The lowest BCUT2D eigenvalue weighted by molar-refractivity contribution is -0.112. The van der Waals surface area contributed by atoms with Gasteiger partial charge >= 0.3 is 0 Å². The molecule has 0 heterocycles. The smallest absolute Gasteiger partial charge is 0.152 e. The number of carbonyl (C=O) groups is 1. The van der Waals surface area contributed by atoms with Crippen molar-refractivity contribution in [3.05, 3.63) is 41.5 Å². The van der Waals surface area contributed by atoms with E-state index in [1.54, 1.807) is 6.08 Å². The Balaban J connectivity index is 2.91. The summed E-state index contributed by atoms with van der Waals surface area (Å²) < 4.78 is 0. The van der Waals surface area contributed by atoms with E-state index in [4.69, 9.17) is 6.42 Å². The van der Waals surface area contributed by atoms with Crippen molar-refractivity contribution in [3.63, 3.8) is 0 Å². The monoisotopic (exact) mass is 170 g/mol. The Morgan fingerprint density at radius 1 is 1.54 bits per heavy atom. The highest BCUT2D eigenvalue weighted by Gasteiger charge is 1.89. The Hall–Kier alpha value is -1.81. The van der Waals surface area contributed by atoms with Crippen LogP contribution >= 0.6 is 0 Å². The van der Waals surface area contributed by atoms with Gasteiger partial charge in [0.25, 0.3) is 0 Å². The molecule has 64 valence electrons. The third kappa shape index (κ3) is 2.96. The van der Waals surface area contributed by atoms with Crippen LogP contribution in [0, 0.1) is 12.3 Å². The molecule has 1 heteroatoms. The summed E-state index contributed by atoms with van der Waals surface area (Å²) >= 11 is 0. The molecule has 1 rings (SSSR count). The van der Waals surface area contributed by atoms with Gasteiger partial charge in [0.2, 0.25) is 0 Å². The number of rotatable bonds is 2. The molecule has 1 aromatic carbocycles. The molecule has 0 saturated heterocycles. The van der Waals surface area contributed by atoms with E-state index in [2.05, 4.69) is 5.92 Å². The molecular formula is C12H10O. The van der Waals surface area contributed by atoms with E-state index >= 15 is 0 Å². The third-order valence-corrected chi connectivity index (χ3v) is 1.56. The van der Waals surface area contributed by atoms with Crippen molar-refractivity contribution in [1.29, 1.82) is 0 Å². The van der Waals surface area contributed by atoms with Crippen molar-refractivity contribution < 1.29 is 4.79 Å². The minimum absolute atomic E-state index is 0.0334. The normalized spacial score (nSPS) is 9.85. The lowest BCUT2D eigenvalue weighted by Crippen LogP contribution is -1.81. The number of ketones is 1. The number of terminal acetylenes is 1. The van der Waals surface area contributed by atoms with Gasteiger partial charge in [-0.2, -0.15) is 0 Å². The summed E-state index contributed by atoms with van der Waals surface area (Å²) in [5, 5.41) is 0. The summed E-state index contributed by atoms with van der Waals surface area (Å²) in [7, 11) is 0. The van der Waals surface area contributed by atoms with E-state index in [-0.39, 0.29) is 5.78 Å². The van der Waals surface area contributed by atoms with Crippen molar-refractivity contribution in [2.45, 2.75) is 6.92 Å². The van der Waals surface area contributed by atoms with E-state index in [0.29, 0.717) is 0 Å². The van der Waals surface area contributed by atoms with Crippen LogP contribution in [0.25, 0.3) is 6.08 Å². The predicted octanol–water partition coefficient (Wildman–Crippen LogP) is 2.27. The first-order valence-electron chi connectivity index (χ1n) is 3.97. The molecule has 0 fully saturated rings. The van der Waals surface area contributed by atoms with Gasteiger partial charge in [-0.15, -0.1) is 6.42 Å². The average molecular weight is 170 g/mol. The zero-order chi connectivity index (χ0) is 9.68. The summed E-state index contributed by atoms with van der Waals surface area (Å²) in [4.78, 5) is 10.6. The maximum atomic E-state index is 10.6. The first-order valence-corrected chi connectivity index (χ1v) is 3.97. The van der Waals surface area contributed by atoms with E-state index in [1.807, 2.05) is 24.3 Å². The molecule has 0 aliphatic carbocycles. The van der Waals surface area contributed by atoms with Crippen LogP contribution in [0.5, 0.6) is 0 Å². The van der Waals surface area contributed by atoms with Gasteiger partial charge in [0.05, 0.1) is 0 Å². The SMILES string of the molecule is C#Cc1cccc(/C=C/C(C)=O)c1. The summed E-state index contributed by atoms with van der Waals surface area (Å²) in [5.74, 6) is 2.57. The third-order valence-electron chi connectivity index (χ3n) is 1.56. The summed E-state index contributed by atoms with van der Waals surface area (Å²) in [6.45, 7) is 1.52. The maximum absolute atomic E-state index is 10.6. The molecule has 0 aliphatic heterocycles. The van der Waals surface area contributed by atoms with Gasteiger partial charge in [-0.25, -0.2) is 0 Å². The largest absolute Gasteiger partial charge is 0.295 e. The zero-order valence-corrected chi connectivity index (χ0v) is 7.45. The Labute approximate surface area is 78.1 Å². The molecule has 0 aliphatic rings. The van der Waals surface area contributed by atoms with Gasteiger partial charge < -0.3 is 0 Å². The second-order valence-corrected chi connectivity index (χ2v) is 2.71. The highest BCUT2D eigenvalue weighted by Crippen LogP contribution is 2.05. The van der Waals surface area contributed by atoms with Crippen molar-refractivity contribution >= 4 is 11.9 Å². The summed E-state index contributed by atoms with van der Waals surface area (Å²) in [6, 6.07) is 7.49. The molecule has 0 aromatic heterocycles. The minimum atomic E-state index is 0.0334. The molecule has 0 N–H and O–H groups in total. The maximum Gasteiger partial charge on any atom is 0.152 e. The minimum Gasteiger partial charge on any atom is -0.295 e. The molecule has 0 atom stereocenters. The van der Waals surface area contributed by atoms with Crippen LogP contribution in [0.1, 0.15) is 18.1 Å². The van der Waals surface area contributed by atoms with Crippen LogP contribution in [0.3, 0.4) is 0 Å². The lowest BCUT2D eigenvalue weighted by Gasteiger charge is -1.93. The van der Waals surface area contributed by atoms with Crippen molar-refractivity contribution in [1.82, 2.24) is 0 Å². The van der Waals surface area contributed by atoms with Gasteiger partial charge in [0.1, 0.15) is 0 Å². The molecule has 0 unspecified atom stereocenters. The Morgan fingerprint density at radius 3 is 2.92 bits per heavy atom. The fourth-order valence-electron chi connectivity index (χ4n) is 0.946. The zero-order valence-electron chi connectivity index (χ0n) is 7.45. The first kappa shape index (κ1) is 9.28. The Bertz CT molecular complexity index is 380. The van der Waals surface area contributed by atoms with Gasteiger partial charge in [0.15, 0.2) is 5.78 Å². The molecule has 0 saturated carbocycles. The Morgan fingerprint density at radius 2 is 2.31 bits per heavy atom. The van der Waals surface area contributed by atoms with Crippen LogP contribution in [0.2, 0.25) is 0 Å². The molecular weight excluding hydrogens is 160 g/mol. The first-order chi connectivity index (χ1) is 6.22. The second kappa shape index (κ2) is 4.27. The topological polar surface area (TPSA) is 17.1 Å². The second-order valence-electron chi connectivity index (χ2n) is 2.71. The number of benzene rings is 1. The molecule has 0 amide bonds. The average Bonchev–Trinajstić information content (AvgIpc) is 2.15. The predicted molar refractivity (Wildman–Crippen MR) is 54.1 cm³/mol.